The molecule has 1 aliphatic heterocycles. The van der Waals surface area contributed by atoms with E-state index in [9.17, 15) is 3.89 Å². The lowest BCUT2D eigenvalue weighted by Crippen LogP contribution is -1.89. The topological polar surface area (TPSA) is 12.4 Å². The lowest BCUT2D eigenvalue weighted by molar-refractivity contribution is 0.945. The van der Waals surface area contributed by atoms with Gasteiger partial charge in [0.05, 0.1) is 23.6 Å². The van der Waals surface area contributed by atoms with Gasteiger partial charge in [0.25, 0.3) is 0 Å². The van der Waals surface area contributed by atoms with Gasteiger partial charge in [-0.05, 0) is 43.0 Å². The second kappa shape index (κ2) is 6.71. The van der Waals surface area contributed by atoms with E-state index >= 15 is 0 Å². The predicted molar refractivity (Wildman–Crippen MR) is 87.7 cm³/mol. The maximum atomic E-state index is 13.0. The summed E-state index contributed by atoms with van der Waals surface area (Å²) in [5.41, 5.74) is 5.55. The Hall–Kier alpha value is -1.61. The molecule has 3 heteroatoms. The number of allylic oxidation sites excluding steroid dienone is 5. The highest BCUT2D eigenvalue weighted by Crippen LogP contribution is 2.27. The summed E-state index contributed by atoms with van der Waals surface area (Å²) in [4.78, 5) is 4.85. The standard InChI is InChI=1S/C17H18FNS/c1-12-8-15(16-7-5-4-6-13(16)2)9-14(3)17(20-18)11-19-10-12/h4-9,11H,10H2,1-3H3/b12-8-,15-9+,17-14-,19-11?. The summed E-state index contributed by atoms with van der Waals surface area (Å²) in [7, 11) is 0. The van der Waals surface area contributed by atoms with Gasteiger partial charge in [-0.15, -0.1) is 0 Å². The van der Waals surface area contributed by atoms with Crippen LogP contribution in [0.25, 0.3) is 5.57 Å². The van der Waals surface area contributed by atoms with Crippen LogP contribution < -0.4 is 0 Å². The second-order valence-corrected chi connectivity index (χ2v) is 5.59. The smallest absolute Gasteiger partial charge is 0.0831 e. The minimum absolute atomic E-state index is 0.251. The molecule has 0 amide bonds. The maximum absolute atomic E-state index is 13.0. The Morgan fingerprint density at radius 3 is 2.55 bits per heavy atom. The number of aryl methyl sites for hydroxylation is 1. The average Bonchev–Trinajstić information content (AvgIpc) is 2.49. The summed E-state index contributed by atoms with van der Waals surface area (Å²) in [6, 6.07) is 8.24. The summed E-state index contributed by atoms with van der Waals surface area (Å²) >= 11 is 0.251. The van der Waals surface area contributed by atoms with Crippen LogP contribution >= 0.6 is 12.1 Å². The minimum Gasteiger partial charge on any atom is -0.288 e. The van der Waals surface area contributed by atoms with Crippen molar-refractivity contribution in [1.82, 2.24) is 0 Å². The molecule has 1 aromatic carbocycles. The number of hydrogen-bond acceptors (Lipinski definition) is 2. The zero-order valence-corrected chi connectivity index (χ0v) is 12.8. The van der Waals surface area contributed by atoms with Gasteiger partial charge in [-0.25, -0.2) is 0 Å². The van der Waals surface area contributed by atoms with Crippen LogP contribution in [0.1, 0.15) is 25.0 Å². The van der Waals surface area contributed by atoms with Crippen LogP contribution in [-0.4, -0.2) is 12.8 Å². The highest BCUT2D eigenvalue weighted by molar-refractivity contribution is 7.99. The van der Waals surface area contributed by atoms with Crippen molar-refractivity contribution in [2.75, 3.05) is 6.54 Å². The number of aliphatic imine (C=N–C) groups is 1. The molecule has 0 spiro atoms. The third-order valence-corrected chi connectivity index (χ3v) is 3.84. The number of halogens is 1. The zero-order chi connectivity index (χ0) is 14.5. The van der Waals surface area contributed by atoms with E-state index in [0.29, 0.717) is 11.4 Å². The van der Waals surface area contributed by atoms with Gasteiger partial charge in [-0.3, -0.25) is 4.99 Å². The van der Waals surface area contributed by atoms with E-state index in [1.165, 1.54) is 11.1 Å². The molecule has 104 valence electrons. The SMILES string of the molecule is C/C1=C/C(c2ccccc2C)=C\C(C)=C(/SF)C=NC1. The van der Waals surface area contributed by atoms with Crippen LogP contribution in [0.4, 0.5) is 3.89 Å². The maximum Gasteiger partial charge on any atom is 0.0831 e. The van der Waals surface area contributed by atoms with Crippen molar-refractivity contribution in [2.24, 2.45) is 4.99 Å². The summed E-state index contributed by atoms with van der Waals surface area (Å²) in [6.07, 6.45) is 5.79. The molecule has 20 heavy (non-hydrogen) atoms. The van der Waals surface area contributed by atoms with Gasteiger partial charge >= 0.3 is 0 Å². The van der Waals surface area contributed by atoms with Crippen LogP contribution in [0.2, 0.25) is 0 Å². The van der Waals surface area contributed by atoms with Crippen LogP contribution in [0.5, 0.6) is 0 Å². The Morgan fingerprint density at radius 2 is 1.85 bits per heavy atom. The molecule has 0 radical (unpaired) electrons. The molecule has 0 fully saturated rings. The van der Waals surface area contributed by atoms with Crippen molar-refractivity contribution in [3.8, 4) is 0 Å². The van der Waals surface area contributed by atoms with Crippen LogP contribution in [0.3, 0.4) is 0 Å². The third-order valence-electron chi connectivity index (χ3n) is 3.25. The Morgan fingerprint density at radius 1 is 1.10 bits per heavy atom. The van der Waals surface area contributed by atoms with E-state index in [4.69, 9.17) is 0 Å². The first-order valence-corrected chi connectivity index (χ1v) is 7.27. The molecule has 1 aliphatic rings. The first kappa shape index (κ1) is 14.8. The van der Waals surface area contributed by atoms with Crippen molar-refractivity contribution in [1.29, 1.82) is 0 Å². The van der Waals surface area contributed by atoms with Gasteiger partial charge in [0.1, 0.15) is 0 Å². The monoisotopic (exact) mass is 287 g/mol. The minimum atomic E-state index is 0.251. The van der Waals surface area contributed by atoms with E-state index in [2.05, 4.69) is 30.1 Å². The second-order valence-electron chi connectivity index (χ2n) is 5.00. The molecule has 0 N–H and O–H groups in total. The number of rotatable bonds is 2. The molecular weight excluding hydrogens is 269 g/mol. The largest absolute Gasteiger partial charge is 0.288 e. The zero-order valence-electron chi connectivity index (χ0n) is 12.0. The molecule has 0 saturated heterocycles. The highest BCUT2D eigenvalue weighted by atomic mass is 32.2. The predicted octanol–water partition coefficient (Wildman–Crippen LogP) is 5.30. The van der Waals surface area contributed by atoms with Crippen LogP contribution in [-0.2, 0) is 0 Å². The normalized spacial score (nSPS) is 25.0. The van der Waals surface area contributed by atoms with Gasteiger partial charge in [0.15, 0.2) is 0 Å². The van der Waals surface area contributed by atoms with E-state index in [-0.39, 0.29) is 12.1 Å². The quantitative estimate of drug-likeness (QED) is 0.719. The first-order valence-electron chi connectivity index (χ1n) is 6.56. The Balaban J connectivity index is 2.58. The van der Waals surface area contributed by atoms with Crippen LogP contribution in [0, 0.1) is 6.92 Å². The van der Waals surface area contributed by atoms with Crippen LogP contribution in [0.15, 0.2) is 57.5 Å². The van der Waals surface area contributed by atoms with Gasteiger partial charge in [0, 0.05) is 6.21 Å². The fourth-order valence-electron chi connectivity index (χ4n) is 2.16. The Bertz CT molecular complexity index is 624. The summed E-state index contributed by atoms with van der Waals surface area (Å²) in [5.74, 6) is 0. The Kier molecular flexibility index (Phi) is 4.96. The molecule has 1 aromatic rings. The highest BCUT2D eigenvalue weighted by Gasteiger charge is 2.07. The third kappa shape index (κ3) is 3.48. The first-order chi connectivity index (χ1) is 9.61. The molecule has 0 atom stereocenters. The molecule has 1 heterocycles. The van der Waals surface area contributed by atoms with Gasteiger partial charge in [-0.1, -0.05) is 42.0 Å². The van der Waals surface area contributed by atoms with E-state index in [1.54, 1.807) is 6.21 Å². The number of nitrogens with zero attached hydrogens (tertiary/aromatic N) is 1. The summed E-state index contributed by atoms with van der Waals surface area (Å²) in [5, 5.41) is 0. The lowest BCUT2D eigenvalue weighted by atomic mass is 9.97. The van der Waals surface area contributed by atoms with Crippen molar-refractivity contribution < 1.29 is 3.89 Å². The number of benzene rings is 1. The fraction of sp³-hybridized carbons (Fsp3) is 0.235. The van der Waals surface area contributed by atoms with Crippen molar-refractivity contribution >= 4 is 23.9 Å². The molecular formula is C17H18FNS. The summed E-state index contributed by atoms with van der Waals surface area (Å²) < 4.78 is 13.0. The average molecular weight is 287 g/mol. The van der Waals surface area contributed by atoms with E-state index in [1.807, 2.05) is 32.1 Å². The van der Waals surface area contributed by atoms with Crippen molar-refractivity contribution in [3.05, 3.63) is 63.6 Å². The molecule has 0 aliphatic carbocycles. The molecule has 0 bridgehead atoms. The van der Waals surface area contributed by atoms with E-state index < -0.39 is 0 Å². The van der Waals surface area contributed by atoms with E-state index in [0.717, 1.165) is 16.7 Å². The van der Waals surface area contributed by atoms with Gasteiger partial charge in [-0.2, -0.15) is 3.89 Å². The molecule has 0 aromatic heterocycles. The fourth-order valence-corrected chi connectivity index (χ4v) is 2.46. The molecule has 2 rings (SSSR count). The van der Waals surface area contributed by atoms with Crippen molar-refractivity contribution in [2.45, 2.75) is 20.8 Å². The van der Waals surface area contributed by atoms with Gasteiger partial charge < -0.3 is 0 Å². The number of hydrogen-bond donors (Lipinski definition) is 0. The molecule has 0 saturated carbocycles. The lowest BCUT2D eigenvalue weighted by Gasteiger charge is -2.09. The van der Waals surface area contributed by atoms with Crippen molar-refractivity contribution in [3.63, 3.8) is 0 Å². The molecule has 0 unspecified atom stereocenters. The van der Waals surface area contributed by atoms with Gasteiger partial charge in [0.2, 0.25) is 0 Å². The Labute approximate surface area is 124 Å². The summed E-state index contributed by atoms with van der Waals surface area (Å²) in [6.45, 7) is 6.65. The molecule has 1 nitrogen and oxygen atoms in total.